The van der Waals surface area contributed by atoms with Gasteiger partial charge in [0.2, 0.25) is 0 Å². The average Bonchev–Trinajstić information content (AvgIpc) is 2.63. The number of nitrogens with one attached hydrogen (secondary N) is 1. The Bertz CT molecular complexity index is 362. The maximum atomic E-state index is 5.78. The molecule has 1 N–H and O–H groups in total. The highest BCUT2D eigenvalue weighted by Gasteiger charge is 2.21. The van der Waals surface area contributed by atoms with Gasteiger partial charge in [-0.05, 0) is 45.2 Å². The van der Waals surface area contributed by atoms with E-state index in [1.54, 1.807) is 0 Å². The molecule has 88 valence electrons. The lowest BCUT2D eigenvalue weighted by atomic mass is 10.1. The third kappa shape index (κ3) is 2.76. The van der Waals surface area contributed by atoms with Crippen LogP contribution in [-0.2, 0) is 4.74 Å². The van der Waals surface area contributed by atoms with Crippen molar-refractivity contribution in [2.24, 2.45) is 0 Å². The zero-order valence-electron chi connectivity index (χ0n) is 10.4. The Balaban J connectivity index is 1.89. The number of rotatable bonds is 3. The zero-order valence-corrected chi connectivity index (χ0v) is 10.4. The van der Waals surface area contributed by atoms with E-state index in [4.69, 9.17) is 4.74 Å². The van der Waals surface area contributed by atoms with Crippen molar-refractivity contribution in [1.29, 1.82) is 0 Å². The van der Waals surface area contributed by atoms with E-state index in [1.807, 2.05) is 0 Å². The molecule has 1 heterocycles. The first-order valence-electron chi connectivity index (χ1n) is 6.12. The van der Waals surface area contributed by atoms with E-state index in [-0.39, 0.29) is 0 Å². The standard InChI is InChI=1S/C14H21NO/c1-10-4-7-14(11(2)8-10)15-9-13-6-5-12(3)16-13/h4,7-8,12-13,15H,5-6,9H2,1-3H3. The summed E-state index contributed by atoms with van der Waals surface area (Å²) in [5.41, 5.74) is 3.86. The van der Waals surface area contributed by atoms with E-state index in [1.165, 1.54) is 29.7 Å². The van der Waals surface area contributed by atoms with Crippen molar-refractivity contribution < 1.29 is 4.74 Å². The molecule has 0 bridgehead atoms. The van der Waals surface area contributed by atoms with E-state index >= 15 is 0 Å². The summed E-state index contributed by atoms with van der Waals surface area (Å²) in [5, 5.41) is 3.48. The van der Waals surface area contributed by atoms with Crippen molar-refractivity contribution in [3.63, 3.8) is 0 Å². The normalized spacial score (nSPS) is 24.7. The summed E-state index contributed by atoms with van der Waals surface area (Å²) >= 11 is 0. The third-order valence-corrected chi connectivity index (χ3v) is 3.22. The van der Waals surface area contributed by atoms with E-state index in [9.17, 15) is 0 Å². The lowest BCUT2D eigenvalue weighted by Gasteiger charge is -2.15. The van der Waals surface area contributed by atoms with Gasteiger partial charge < -0.3 is 10.1 Å². The van der Waals surface area contributed by atoms with E-state index in [2.05, 4.69) is 44.3 Å². The van der Waals surface area contributed by atoms with E-state index in [0.717, 1.165) is 6.54 Å². The Morgan fingerprint density at radius 2 is 2.12 bits per heavy atom. The summed E-state index contributed by atoms with van der Waals surface area (Å²) in [4.78, 5) is 0. The highest BCUT2D eigenvalue weighted by molar-refractivity contribution is 5.51. The number of benzene rings is 1. The molecule has 1 aliphatic rings. The minimum atomic E-state index is 0.385. The number of anilines is 1. The van der Waals surface area contributed by atoms with E-state index < -0.39 is 0 Å². The number of hydrogen-bond donors (Lipinski definition) is 1. The molecule has 0 saturated carbocycles. The van der Waals surface area contributed by atoms with Crippen molar-refractivity contribution in [2.75, 3.05) is 11.9 Å². The lowest BCUT2D eigenvalue weighted by Crippen LogP contribution is -2.20. The van der Waals surface area contributed by atoms with Crippen molar-refractivity contribution in [2.45, 2.75) is 45.8 Å². The van der Waals surface area contributed by atoms with Gasteiger partial charge in [-0.1, -0.05) is 17.7 Å². The Kier molecular flexibility index (Phi) is 3.49. The maximum absolute atomic E-state index is 5.78. The molecule has 2 nitrogen and oxygen atoms in total. The quantitative estimate of drug-likeness (QED) is 0.842. The second-order valence-corrected chi connectivity index (χ2v) is 4.85. The van der Waals surface area contributed by atoms with Crippen molar-refractivity contribution in [1.82, 2.24) is 0 Å². The molecule has 0 aromatic heterocycles. The molecule has 1 aliphatic heterocycles. The summed E-state index contributed by atoms with van der Waals surface area (Å²) in [6.07, 6.45) is 3.19. The van der Waals surface area contributed by atoms with Gasteiger partial charge in [0, 0.05) is 12.2 Å². The molecule has 1 aromatic rings. The van der Waals surface area contributed by atoms with E-state index in [0.29, 0.717) is 12.2 Å². The summed E-state index contributed by atoms with van der Waals surface area (Å²) in [5.74, 6) is 0. The van der Waals surface area contributed by atoms with Crippen molar-refractivity contribution in [3.8, 4) is 0 Å². The van der Waals surface area contributed by atoms with Crippen molar-refractivity contribution in [3.05, 3.63) is 29.3 Å². The Morgan fingerprint density at radius 1 is 1.31 bits per heavy atom. The van der Waals surface area contributed by atoms with Crippen LogP contribution in [0.4, 0.5) is 5.69 Å². The molecule has 1 aromatic carbocycles. The van der Waals surface area contributed by atoms with Crippen LogP contribution >= 0.6 is 0 Å². The summed E-state index contributed by atoms with van der Waals surface area (Å²) in [7, 11) is 0. The Morgan fingerprint density at radius 3 is 2.75 bits per heavy atom. The van der Waals surface area contributed by atoms with Gasteiger partial charge in [0.25, 0.3) is 0 Å². The van der Waals surface area contributed by atoms with Crippen molar-refractivity contribution >= 4 is 5.69 Å². The highest BCUT2D eigenvalue weighted by Crippen LogP contribution is 2.21. The van der Waals surface area contributed by atoms with Gasteiger partial charge >= 0.3 is 0 Å². The first-order chi connectivity index (χ1) is 7.65. The smallest absolute Gasteiger partial charge is 0.0751 e. The lowest BCUT2D eigenvalue weighted by molar-refractivity contribution is 0.0637. The van der Waals surface area contributed by atoms with Crippen LogP contribution in [0, 0.1) is 13.8 Å². The molecule has 2 unspecified atom stereocenters. The zero-order chi connectivity index (χ0) is 11.5. The Hall–Kier alpha value is -1.02. The summed E-state index contributed by atoms with van der Waals surface area (Å²) in [6, 6.07) is 6.51. The van der Waals surface area contributed by atoms with Gasteiger partial charge in [0.1, 0.15) is 0 Å². The van der Waals surface area contributed by atoms with Gasteiger partial charge in [-0.25, -0.2) is 0 Å². The molecule has 16 heavy (non-hydrogen) atoms. The second-order valence-electron chi connectivity index (χ2n) is 4.85. The minimum absolute atomic E-state index is 0.385. The first kappa shape index (κ1) is 11.5. The molecule has 0 aliphatic carbocycles. The van der Waals surface area contributed by atoms with Crippen LogP contribution in [0.2, 0.25) is 0 Å². The topological polar surface area (TPSA) is 21.3 Å². The fourth-order valence-electron chi connectivity index (χ4n) is 2.27. The fraction of sp³-hybridized carbons (Fsp3) is 0.571. The minimum Gasteiger partial charge on any atom is -0.382 e. The highest BCUT2D eigenvalue weighted by atomic mass is 16.5. The average molecular weight is 219 g/mol. The second kappa shape index (κ2) is 4.88. The van der Waals surface area contributed by atoms with Gasteiger partial charge in [0.05, 0.1) is 12.2 Å². The van der Waals surface area contributed by atoms with Crippen LogP contribution in [0.5, 0.6) is 0 Å². The van der Waals surface area contributed by atoms with Crippen LogP contribution in [-0.4, -0.2) is 18.8 Å². The van der Waals surface area contributed by atoms with Gasteiger partial charge in [-0.3, -0.25) is 0 Å². The predicted molar refractivity (Wildman–Crippen MR) is 68.0 cm³/mol. The van der Waals surface area contributed by atoms with Crippen LogP contribution in [0.25, 0.3) is 0 Å². The number of ether oxygens (including phenoxy) is 1. The third-order valence-electron chi connectivity index (χ3n) is 3.22. The fourth-order valence-corrected chi connectivity index (χ4v) is 2.27. The molecule has 1 fully saturated rings. The summed E-state index contributed by atoms with van der Waals surface area (Å²) in [6.45, 7) is 7.34. The molecule has 2 atom stereocenters. The SMILES string of the molecule is Cc1ccc(NCC2CCC(C)O2)c(C)c1. The number of aryl methyl sites for hydroxylation is 2. The molecule has 0 radical (unpaired) electrons. The monoisotopic (exact) mass is 219 g/mol. The molecular weight excluding hydrogens is 198 g/mol. The maximum Gasteiger partial charge on any atom is 0.0751 e. The molecule has 0 amide bonds. The van der Waals surface area contributed by atoms with Crippen LogP contribution < -0.4 is 5.32 Å². The van der Waals surface area contributed by atoms with Crippen LogP contribution in [0.1, 0.15) is 30.9 Å². The summed E-state index contributed by atoms with van der Waals surface area (Å²) < 4.78 is 5.78. The molecule has 2 heteroatoms. The first-order valence-corrected chi connectivity index (χ1v) is 6.12. The predicted octanol–water partition coefficient (Wildman–Crippen LogP) is 3.28. The van der Waals surface area contributed by atoms with Crippen LogP contribution in [0.3, 0.4) is 0 Å². The van der Waals surface area contributed by atoms with Gasteiger partial charge in [-0.2, -0.15) is 0 Å². The molecule has 0 spiro atoms. The van der Waals surface area contributed by atoms with Gasteiger partial charge in [-0.15, -0.1) is 0 Å². The Labute approximate surface area is 98.0 Å². The molecule has 1 saturated heterocycles. The molecule has 2 rings (SSSR count). The van der Waals surface area contributed by atoms with Crippen LogP contribution in [0.15, 0.2) is 18.2 Å². The molecular formula is C14H21NO. The largest absolute Gasteiger partial charge is 0.382 e. The number of hydrogen-bond acceptors (Lipinski definition) is 2. The van der Waals surface area contributed by atoms with Gasteiger partial charge in [0.15, 0.2) is 0 Å².